The third kappa shape index (κ3) is 3.67. The molecule has 2 rings (SSSR count). The first-order valence-electron chi connectivity index (χ1n) is 6.11. The fourth-order valence-electron chi connectivity index (χ4n) is 1.92. The minimum Gasteiger partial charge on any atom is -0.491 e. The van der Waals surface area contributed by atoms with Gasteiger partial charge in [0.1, 0.15) is 24.3 Å². The van der Waals surface area contributed by atoms with E-state index in [1.165, 1.54) is 6.07 Å². The van der Waals surface area contributed by atoms with Crippen LogP contribution in [-0.4, -0.2) is 43.9 Å². The van der Waals surface area contributed by atoms with Crippen molar-refractivity contribution in [3.63, 3.8) is 0 Å². The van der Waals surface area contributed by atoms with Crippen LogP contribution in [0.25, 0.3) is 0 Å². The molecule has 18 heavy (non-hydrogen) atoms. The highest BCUT2D eigenvalue weighted by atomic mass is 79.9. The van der Waals surface area contributed by atoms with E-state index in [1.807, 2.05) is 0 Å². The quantitative estimate of drug-likeness (QED) is 0.852. The third-order valence-electron chi connectivity index (χ3n) is 3.00. The van der Waals surface area contributed by atoms with E-state index in [1.54, 1.807) is 12.1 Å². The average molecular weight is 318 g/mol. The molecule has 0 N–H and O–H groups in total. The Morgan fingerprint density at radius 1 is 1.56 bits per heavy atom. The highest BCUT2D eigenvalue weighted by Gasteiger charge is 2.19. The number of rotatable bonds is 4. The van der Waals surface area contributed by atoms with Crippen molar-refractivity contribution >= 4 is 15.9 Å². The van der Waals surface area contributed by atoms with E-state index >= 15 is 0 Å². The highest BCUT2D eigenvalue weighted by molar-refractivity contribution is 9.10. The van der Waals surface area contributed by atoms with Crippen LogP contribution < -0.4 is 4.74 Å². The molecule has 1 fully saturated rings. The monoisotopic (exact) mass is 317 g/mol. The summed E-state index contributed by atoms with van der Waals surface area (Å²) in [6.07, 6.45) is 0.0606. The Kier molecular flexibility index (Phi) is 4.97. The molecule has 1 atom stereocenters. The maximum Gasteiger partial charge on any atom is 0.141 e. The van der Waals surface area contributed by atoms with E-state index < -0.39 is 0 Å². The van der Waals surface area contributed by atoms with Crippen LogP contribution in [0.2, 0.25) is 0 Å². The fraction of sp³-hybridized carbons (Fsp3) is 0.538. The van der Waals surface area contributed by atoms with E-state index in [4.69, 9.17) is 9.47 Å². The lowest BCUT2D eigenvalue weighted by Gasteiger charge is -2.31. The Morgan fingerprint density at radius 3 is 3.11 bits per heavy atom. The number of halogens is 2. The van der Waals surface area contributed by atoms with Gasteiger partial charge in [-0.25, -0.2) is 4.39 Å². The summed E-state index contributed by atoms with van der Waals surface area (Å²) in [6, 6.07) is 4.77. The van der Waals surface area contributed by atoms with Gasteiger partial charge in [0.15, 0.2) is 0 Å². The maximum atomic E-state index is 13.3. The van der Waals surface area contributed by atoms with Crippen LogP contribution in [-0.2, 0) is 4.74 Å². The smallest absolute Gasteiger partial charge is 0.141 e. The zero-order valence-electron chi connectivity index (χ0n) is 10.4. The largest absolute Gasteiger partial charge is 0.491 e. The van der Waals surface area contributed by atoms with Crippen molar-refractivity contribution in [2.45, 2.75) is 13.0 Å². The van der Waals surface area contributed by atoms with Gasteiger partial charge < -0.3 is 9.47 Å². The van der Waals surface area contributed by atoms with Crippen molar-refractivity contribution in [2.75, 3.05) is 32.8 Å². The van der Waals surface area contributed by atoms with Gasteiger partial charge in [-0.1, -0.05) is 6.92 Å². The van der Waals surface area contributed by atoms with Crippen molar-refractivity contribution in [3.05, 3.63) is 28.5 Å². The fourth-order valence-corrected chi connectivity index (χ4v) is 2.17. The first kappa shape index (κ1) is 13.8. The SMILES string of the molecule is CCN1CCOC(COc2ccc(Br)c(F)c2)C1. The lowest BCUT2D eigenvalue weighted by atomic mass is 10.3. The van der Waals surface area contributed by atoms with Crippen LogP contribution in [0.1, 0.15) is 6.92 Å². The van der Waals surface area contributed by atoms with E-state index in [0.29, 0.717) is 16.8 Å². The summed E-state index contributed by atoms with van der Waals surface area (Å²) in [6.45, 7) is 6.18. The summed E-state index contributed by atoms with van der Waals surface area (Å²) in [5.41, 5.74) is 0. The number of hydrogen-bond acceptors (Lipinski definition) is 3. The minimum atomic E-state index is -0.313. The zero-order chi connectivity index (χ0) is 13.0. The van der Waals surface area contributed by atoms with E-state index in [0.717, 1.165) is 26.2 Å². The van der Waals surface area contributed by atoms with Gasteiger partial charge in [0.05, 0.1) is 11.1 Å². The van der Waals surface area contributed by atoms with E-state index in [9.17, 15) is 4.39 Å². The second-order valence-electron chi connectivity index (χ2n) is 4.27. The van der Waals surface area contributed by atoms with Crippen molar-refractivity contribution in [2.24, 2.45) is 0 Å². The van der Waals surface area contributed by atoms with E-state index in [2.05, 4.69) is 27.8 Å². The number of likely N-dealkylation sites (N-methyl/N-ethyl adjacent to an activating group) is 1. The lowest BCUT2D eigenvalue weighted by molar-refractivity contribution is -0.0464. The lowest BCUT2D eigenvalue weighted by Crippen LogP contribution is -2.44. The first-order valence-corrected chi connectivity index (χ1v) is 6.90. The van der Waals surface area contributed by atoms with Gasteiger partial charge >= 0.3 is 0 Å². The second kappa shape index (κ2) is 6.50. The van der Waals surface area contributed by atoms with Crippen molar-refractivity contribution in [3.8, 4) is 5.75 Å². The molecule has 0 saturated carbocycles. The van der Waals surface area contributed by atoms with Gasteiger partial charge in [-0.3, -0.25) is 4.90 Å². The predicted molar refractivity (Wildman–Crippen MR) is 71.4 cm³/mol. The summed E-state index contributed by atoms with van der Waals surface area (Å²) in [7, 11) is 0. The first-order chi connectivity index (χ1) is 8.69. The topological polar surface area (TPSA) is 21.7 Å². The van der Waals surface area contributed by atoms with Gasteiger partial charge in [0, 0.05) is 19.2 Å². The van der Waals surface area contributed by atoms with E-state index in [-0.39, 0.29) is 11.9 Å². The van der Waals surface area contributed by atoms with Crippen LogP contribution in [0.5, 0.6) is 5.75 Å². The molecule has 0 aliphatic carbocycles. The van der Waals surface area contributed by atoms with Crippen molar-refractivity contribution in [1.82, 2.24) is 4.90 Å². The Labute approximate surface area is 115 Å². The predicted octanol–water partition coefficient (Wildman–Crippen LogP) is 2.69. The molecule has 5 heteroatoms. The van der Waals surface area contributed by atoms with Gasteiger partial charge in [-0.05, 0) is 34.6 Å². The Bertz CT molecular complexity index is 403. The van der Waals surface area contributed by atoms with Crippen molar-refractivity contribution in [1.29, 1.82) is 0 Å². The van der Waals surface area contributed by atoms with Gasteiger partial charge in [0.2, 0.25) is 0 Å². The Hall–Kier alpha value is -0.650. The normalized spacial score (nSPS) is 20.9. The summed E-state index contributed by atoms with van der Waals surface area (Å²) in [5.74, 6) is 0.222. The Morgan fingerprint density at radius 2 is 2.39 bits per heavy atom. The van der Waals surface area contributed by atoms with Crippen LogP contribution >= 0.6 is 15.9 Å². The number of benzene rings is 1. The molecule has 1 aromatic carbocycles. The molecule has 1 aliphatic heterocycles. The molecular weight excluding hydrogens is 301 g/mol. The molecule has 100 valence electrons. The molecule has 1 heterocycles. The van der Waals surface area contributed by atoms with Crippen molar-refractivity contribution < 1.29 is 13.9 Å². The molecule has 3 nitrogen and oxygen atoms in total. The molecule has 0 radical (unpaired) electrons. The van der Waals surface area contributed by atoms with Crippen LogP contribution in [0.15, 0.2) is 22.7 Å². The van der Waals surface area contributed by atoms with Gasteiger partial charge in [-0.2, -0.15) is 0 Å². The van der Waals surface area contributed by atoms with Crippen LogP contribution in [0.4, 0.5) is 4.39 Å². The summed E-state index contributed by atoms with van der Waals surface area (Å²) in [5, 5.41) is 0. The molecule has 0 bridgehead atoms. The molecular formula is C13H17BrFNO2. The van der Waals surface area contributed by atoms with Crippen LogP contribution in [0, 0.1) is 5.82 Å². The number of hydrogen-bond donors (Lipinski definition) is 0. The molecule has 0 amide bonds. The van der Waals surface area contributed by atoms with Gasteiger partial charge in [-0.15, -0.1) is 0 Å². The molecule has 1 aromatic rings. The molecule has 1 unspecified atom stereocenters. The standard InChI is InChI=1S/C13H17BrFNO2/c1-2-16-5-6-17-11(8-16)9-18-10-3-4-12(14)13(15)7-10/h3-4,7,11H,2,5-6,8-9H2,1H3. The molecule has 1 aliphatic rings. The molecule has 0 spiro atoms. The minimum absolute atomic E-state index is 0.0606. The summed E-state index contributed by atoms with van der Waals surface area (Å²) in [4.78, 5) is 2.32. The van der Waals surface area contributed by atoms with Gasteiger partial charge in [0.25, 0.3) is 0 Å². The molecule has 0 aromatic heterocycles. The highest BCUT2D eigenvalue weighted by Crippen LogP contribution is 2.21. The average Bonchev–Trinajstić information content (AvgIpc) is 2.40. The Balaban J connectivity index is 1.85. The zero-order valence-corrected chi connectivity index (χ0v) is 12.0. The number of nitrogens with zero attached hydrogens (tertiary/aromatic N) is 1. The number of morpholine rings is 1. The summed E-state index contributed by atoms with van der Waals surface area (Å²) >= 11 is 3.11. The maximum absolute atomic E-state index is 13.3. The second-order valence-corrected chi connectivity index (χ2v) is 5.13. The van der Waals surface area contributed by atoms with Crippen LogP contribution in [0.3, 0.4) is 0 Å². The summed E-state index contributed by atoms with van der Waals surface area (Å²) < 4.78 is 24.9. The number of ether oxygens (including phenoxy) is 2. The third-order valence-corrected chi connectivity index (χ3v) is 3.64. The molecule has 1 saturated heterocycles.